The number of thiazole rings is 1. The maximum Gasteiger partial charge on any atom is 0.408 e. The smallest absolute Gasteiger partial charge is 0.408 e. The molecule has 1 atom stereocenters. The summed E-state index contributed by atoms with van der Waals surface area (Å²) >= 11 is 1.73. The van der Waals surface area contributed by atoms with E-state index in [0.717, 1.165) is 36.5 Å². The Labute approximate surface area is 143 Å². The normalized spacial score (nSPS) is 18.2. The van der Waals surface area contributed by atoms with Gasteiger partial charge in [0, 0.05) is 17.5 Å². The Kier molecular flexibility index (Phi) is 5.36. The van der Waals surface area contributed by atoms with Crippen molar-refractivity contribution < 1.29 is 9.53 Å². The van der Waals surface area contributed by atoms with Crippen molar-refractivity contribution in [1.29, 1.82) is 0 Å². The van der Waals surface area contributed by atoms with E-state index in [1.54, 1.807) is 11.3 Å². The minimum Gasteiger partial charge on any atom is -0.444 e. The molecule has 2 rings (SSSR count). The summed E-state index contributed by atoms with van der Waals surface area (Å²) in [7, 11) is 0. The average molecular weight is 340 g/mol. The first-order chi connectivity index (χ1) is 10.6. The molecule has 1 unspecified atom stereocenters. The van der Waals surface area contributed by atoms with Gasteiger partial charge in [-0.25, -0.2) is 9.78 Å². The Bertz CT molecular complexity index is 559. The van der Waals surface area contributed by atoms with Crippen molar-refractivity contribution in [2.75, 3.05) is 6.54 Å². The largest absolute Gasteiger partial charge is 0.444 e. The zero-order valence-corrected chi connectivity index (χ0v) is 15.9. The summed E-state index contributed by atoms with van der Waals surface area (Å²) in [4.78, 5) is 17.8. The molecule has 0 aromatic carbocycles. The van der Waals surface area contributed by atoms with E-state index in [9.17, 15) is 4.79 Å². The number of alkyl carbamates (subject to hydrolysis) is 1. The second kappa shape index (κ2) is 6.77. The van der Waals surface area contributed by atoms with Crippen molar-refractivity contribution >= 4 is 17.4 Å². The Morgan fingerprint density at radius 2 is 2.04 bits per heavy atom. The number of aryl methyl sites for hydroxylation is 2. The molecule has 1 heterocycles. The van der Waals surface area contributed by atoms with Crippen LogP contribution in [-0.2, 0) is 4.74 Å². The van der Waals surface area contributed by atoms with Gasteiger partial charge in [0.1, 0.15) is 5.60 Å². The van der Waals surface area contributed by atoms with Crippen LogP contribution in [0, 0.1) is 13.8 Å². The molecule has 5 nitrogen and oxygen atoms in total. The third kappa shape index (κ3) is 4.91. The summed E-state index contributed by atoms with van der Waals surface area (Å²) < 4.78 is 5.40. The number of hydrogen-bond donors (Lipinski definition) is 2. The van der Waals surface area contributed by atoms with E-state index >= 15 is 0 Å². The highest BCUT2D eigenvalue weighted by Crippen LogP contribution is 2.33. The van der Waals surface area contributed by atoms with Crippen LogP contribution in [0.5, 0.6) is 0 Å². The van der Waals surface area contributed by atoms with E-state index in [1.807, 2.05) is 27.7 Å². The van der Waals surface area contributed by atoms with Crippen LogP contribution >= 0.6 is 11.3 Å². The van der Waals surface area contributed by atoms with Gasteiger partial charge in [0.25, 0.3) is 0 Å². The second-order valence-corrected chi connectivity index (χ2v) is 8.78. The Morgan fingerprint density at radius 3 is 2.48 bits per heavy atom. The molecule has 1 aromatic heterocycles. The number of amides is 1. The molecule has 130 valence electrons. The fourth-order valence-electron chi connectivity index (χ4n) is 2.86. The van der Waals surface area contributed by atoms with Gasteiger partial charge in [-0.05, 0) is 60.8 Å². The number of hydrogen-bond acceptors (Lipinski definition) is 5. The van der Waals surface area contributed by atoms with E-state index in [0.29, 0.717) is 0 Å². The quantitative estimate of drug-likeness (QED) is 0.855. The summed E-state index contributed by atoms with van der Waals surface area (Å²) in [5.41, 5.74) is 0.451. The first-order valence-corrected chi connectivity index (χ1v) is 9.10. The number of rotatable bonds is 5. The highest BCUT2D eigenvalue weighted by atomic mass is 32.1. The number of nitrogens with zero attached hydrogens (tertiary/aromatic N) is 1. The number of carbonyl (C=O) groups is 1. The lowest BCUT2D eigenvalue weighted by Crippen LogP contribution is -2.60. The van der Waals surface area contributed by atoms with Crippen LogP contribution in [0.15, 0.2) is 0 Å². The van der Waals surface area contributed by atoms with E-state index in [2.05, 4.69) is 29.5 Å². The predicted octanol–water partition coefficient (Wildman–Crippen LogP) is 3.86. The number of aromatic nitrogens is 1. The van der Waals surface area contributed by atoms with Crippen molar-refractivity contribution in [3.63, 3.8) is 0 Å². The molecule has 0 saturated heterocycles. The van der Waals surface area contributed by atoms with E-state index in [1.165, 1.54) is 4.88 Å². The Hall–Kier alpha value is -1.14. The molecule has 0 bridgehead atoms. The number of ether oxygens (including phenoxy) is 1. The molecule has 6 heteroatoms. The third-order valence-electron chi connectivity index (χ3n) is 4.16. The Balaban J connectivity index is 1.91. The van der Waals surface area contributed by atoms with Crippen LogP contribution in [-0.4, -0.2) is 28.8 Å². The van der Waals surface area contributed by atoms with Crippen LogP contribution in [0.1, 0.15) is 68.6 Å². The van der Waals surface area contributed by atoms with Crippen LogP contribution in [0.25, 0.3) is 0 Å². The van der Waals surface area contributed by atoms with Crippen LogP contribution in [0.4, 0.5) is 4.79 Å². The molecule has 1 amide bonds. The highest BCUT2D eigenvalue weighted by Gasteiger charge is 2.39. The molecule has 1 fully saturated rings. The second-order valence-electron chi connectivity index (χ2n) is 7.55. The van der Waals surface area contributed by atoms with Crippen LogP contribution in [0.3, 0.4) is 0 Å². The first kappa shape index (κ1) is 18.2. The lowest BCUT2D eigenvalue weighted by molar-refractivity contribution is 0.0379. The van der Waals surface area contributed by atoms with Gasteiger partial charge in [-0.15, -0.1) is 11.3 Å². The molecule has 2 N–H and O–H groups in total. The summed E-state index contributed by atoms with van der Waals surface area (Å²) in [5.74, 6) is 0. The summed E-state index contributed by atoms with van der Waals surface area (Å²) in [6.45, 7) is 12.6. The van der Waals surface area contributed by atoms with Gasteiger partial charge in [0.15, 0.2) is 0 Å². The van der Waals surface area contributed by atoms with Crippen LogP contribution in [0.2, 0.25) is 0 Å². The lowest BCUT2D eigenvalue weighted by atomic mass is 9.76. The minimum absolute atomic E-state index is 0.176. The molecule has 23 heavy (non-hydrogen) atoms. The zero-order valence-electron chi connectivity index (χ0n) is 15.1. The average Bonchev–Trinajstić information content (AvgIpc) is 2.69. The van der Waals surface area contributed by atoms with Crippen molar-refractivity contribution in [3.8, 4) is 0 Å². The van der Waals surface area contributed by atoms with Crippen molar-refractivity contribution in [1.82, 2.24) is 15.6 Å². The first-order valence-electron chi connectivity index (χ1n) is 8.29. The van der Waals surface area contributed by atoms with E-state index < -0.39 is 5.60 Å². The predicted molar refractivity (Wildman–Crippen MR) is 94.0 cm³/mol. The number of carbonyl (C=O) groups excluding carboxylic acids is 1. The molecule has 0 aliphatic heterocycles. The van der Waals surface area contributed by atoms with Crippen molar-refractivity contribution in [3.05, 3.63) is 15.6 Å². The van der Waals surface area contributed by atoms with Gasteiger partial charge in [-0.3, -0.25) is 0 Å². The molecule has 1 aromatic rings. The summed E-state index contributed by atoms with van der Waals surface area (Å²) in [6, 6.07) is 0.235. The molecule has 1 saturated carbocycles. The minimum atomic E-state index is -0.465. The molecule has 1 aliphatic carbocycles. The van der Waals surface area contributed by atoms with Crippen molar-refractivity contribution in [2.24, 2.45) is 0 Å². The number of nitrogens with one attached hydrogen (secondary N) is 2. The zero-order chi connectivity index (χ0) is 17.3. The molecule has 0 spiro atoms. The van der Waals surface area contributed by atoms with Gasteiger partial charge in [0.05, 0.1) is 16.2 Å². The Morgan fingerprint density at radius 1 is 1.39 bits per heavy atom. The van der Waals surface area contributed by atoms with E-state index in [4.69, 9.17) is 4.74 Å². The SMILES string of the molecule is Cc1nc(C)c(C(C)NCC2(NC(=O)OC(C)(C)C)CCC2)s1. The maximum absolute atomic E-state index is 12.1. The molecular formula is C17H29N3O2S. The molecule has 1 aliphatic rings. The highest BCUT2D eigenvalue weighted by molar-refractivity contribution is 7.11. The van der Waals surface area contributed by atoms with Crippen molar-refractivity contribution in [2.45, 2.75) is 78.0 Å². The van der Waals surface area contributed by atoms with Gasteiger partial charge >= 0.3 is 6.09 Å². The summed E-state index contributed by atoms with van der Waals surface area (Å²) in [6.07, 6.45) is 2.81. The molecule has 0 radical (unpaired) electrons. The van der Waals surface area contributed by atoms with Gasteiger partial charge in [-0.1, -0.05) is 0 Å². The summed E-state index contributed by atoms with van der Waals surface area (Å²) in [5, 5.41) is 7.74. The maximum atomic E-state index is 12.1. The topological polar surface area (TPSA) is 63.2 Å². The lowest BCUT2D eigenvalue weighted by Gasteiger charge is -2.43. The molecular weight excluding hydrogens is 310 g/mol. The van der Waals surface area contributed by atoms with Gasteiger partial charge < -0.3 is 15.4 Å². The monoisotopic (exact) mass is 339 g/mol. The van der Waals surface area contributed by atoms with E-state index in [-0.39, 0.29) is 17.7 Å². The third-order valence-corrected chi connectivity index (χ3v) is 5.41. The van der Waals surface area contributed by atoms with Gasteiger partial charge in [0.2, 0.25) is 0 Å². The van der Waals surface area contributed by atoms with Crippen LogP contribution < -0.4 is 10.6 Å². The van der Waals surface area contributed by atoms with Gasteiger partial charge in [-0.2, -0.15) is 0 Å². The standard InChI is InChI=1S/C17H29N3O2S/c1-11(14-12(2)19-13(3)23-14)18-10-17(8-7-9-17)20-15(21)22-16(4,5)6/h11,18H,7-10H2,1-6H3,(H,20,21). The fraction of sp³-hybridized carbons (Fsp3) is 0.765. The fourth-order valence-corrected chi connectivity index (χ4v) is 3.81.